The van der Waals surface area contributed by atoms with Crippen molar-refractivity contribution in [1.29, 1.82) is 0 Å². The Morgan fingerprint density at radius 1 is 1.32 bits per heavy atom. The van der Waals surface area contributed by atoms with Gasteiger partial charge in [0.2, 0.25) is 0 Å². The maximum atomic E-state index is 13.0. The first-order valence-corrected chi connectivity index (χ1v) is 5.98. The minimum absolute atomic E-state index is 0.212. The van der Waals surface area contributed by atoms with Crippen molar-refractivity contribution >= 4 is 11.9 Å². The van der Waals surface area contributed by atoms with E-state index in [-0.39, 0.29) is 11.3 Å². The summed E-state index contributed by atoms with van der Waals surface area (Å²) in [6, 6.07) is 4.55. The molecule has 104 valence electrons. The van der Waals surface area contributed by atoms with Crippen LogP contribution < -0.4 is 5.32 Å². The quantitative estimate of drug-likeness (QED) is 0.857. The van der Waals surface area contributed by atoms with E-state index in [4.69, 9.17) is 4.74 Å². The van der Waals surface area contributed by atoms with Gasteiger partial charge in [-0.05, 0) is 39.8 Å². The largest absolute Gasteiger partial charge is 0.444 e. The van der Waals surface area contributed by atoms with Gasteiger partial charge < -0.3 is 10.1 Å². The zero-order chi connectivity index (χ0) is 14.6. The van der Waals surface area contributed by atoms with Gasteiger partial charge in [0.05, 0.1) is 6.04 Å². The fourth-order valence-electron chi connectivity index (χ4n) is 1.44. The van der Waals surface area contributed by atoms with Gasteiger partial charge in [-0.15, -0.1) is 0 Å². The van der Waals surface area contributed by atoms with Crippen molar-refractivity contribution in [1.82, 2.24) is 5.32 Å². The number of amides is 1. The van der Waals surface area contributed by atoms with Crippen LogP contribution in [0, 0.1) is 5.82 Å². The second-order valence-electron chi connectivity index (χ2n) is 5.24. The highest BCUT2D eigenvalue weighted by atomic mass is 19.1. The summed E-state index contributed by atoms with van der Waals surface area (Å²) in [6.45, 7) is 6.71. The Hall–Kier alpha value is -1.91. The zero-order valence-corrected chi connectivity index (χ0v) is 11.5. The number of hydrogen-bond donors (Lipinski definition) is 1. The van der Waals surface area contributed by atoms with E-state index in [0.29, 0.717) is 0 Å². The van der Waals surface area contributed by atoms with Crippen molar-refractivity contribution in [2.24, 2.45) is 0 Å². The first kappa shape index (κ1) is 15.1. The number of halogens is 1. The summed E-state index contributed by atoms with van der Waals surface area (Å²) < 4.78 is 18.1. The molecule has 19 heavy (non-hydrogen) atoms. The molecule has 0 bridgehead atoms. The number of benzene rings is 1. The summed E-state index contributed by atoms with van der Waals surface area (Å²) in [7, 11) is 0. The molecule has 0 spiro atoms. The molecular weight excluding hydrogens is 249 g/mol. The molecule has 1 amide bonds. The molecule has 0 aliphatic carbocycles. The first-order valence-electron chi connectivity index (χ1n) is 5.98. The fourth-order valence-corrected chi connectivity index (χ4v) is 1.44. The molecule has 0 radical (unpaired) electrons. The van der Waals surface area contributed by atoms with Crippen LogP contribution in [0.3, 0.4) is 0 Å². The number of ketones is 1. The van der Waals surface area contributed by atoms with E-state index < -0.39 is 23.6 Å². The van der Waals surface area contributed by atoms with Crippen molar-refractivity contribution in [3.05, 3.63) is 35.6 Å². The fraction of sp³-hybridized carbons (Fsp3) is 0.429. The standard InChI is InChI=1S/C14H18FNO3/c1-9(16-13(18)19-14(2,3)4)12(17)10-6-5-7-11(15)8-10/h5-9H,1-4H3,(H,16,18)/t9-/m0/s1. The van der Waals surface area contributed by atoms with Gasteiger partial charge >= 0.3 is 6.09 Å². The van der Waals surface area contributed by atoms with Gasteiger partial charge in [-0.25, -0.2) is 9.18 Å². The molecule has 1 rings (SSSR count). The molecule has 0 aliphatic rings. The Bertz CT molecular complexity index is 480. The number of Topliss-reactive ketones (excluding diaryl/α,β-unsaturated/α-hetero) is 1. The van der Waals surface area contributed by atoms with Crippen molar-refractivity contribution in [2.45, 2.75) is 39.3 Å². The lowest BCUT2D eigenvalue weighted by Gasteiger charge is -2.21. The lowest BCUT2D eigenvalue weighted by molar-refractivity contribution is 0.0497. The van der Waals surface area contributed by atoms with Crippen molar-refractivity contribution in [3.63, 3.8) is 0 Å². The third-order valence-corrected chi connectivity index (χ3v) is 2.24. The van der Waals surface area contributed by atoms with Gasteiger partial charge in [0.25, 0.3) is 0 Å². The summed E-state index contributed by atoms with van der Waals surface area (Å²) in [5.74, 6) is -0.860. The number of hydrogen-bond acceptors (Lipinski definition) is 3. The lowest BCUT2D eigenvalue weighted by atomic mass is 10.1. The number of alkyl carbamates (subject to hydrolysis) is 1. The Morgan fingerprint density at radius 2 is 1.95 bits per heavy atom. The monoisotopic (exact) mass is 267 g/mol. The van der Waals surface area contributed by atoms with Gasteiger partial charge in [-0.2, -0.15) is 0 Å². The highest BCUT2D eigenvalue weighted by Gasteiger charge is 2.21. The van der Waals surface area contributed by atoms with Crippen LogP contribution in [0.5, 0.6) is 0 Å². The summed E-state index contributed by atoms with van der Waals surface area (Å²) in [5.41, 5.74) is -0.422. The maximum Gasteiger partial charge on any atom is 0.408 e. The molecule has 1 aromatic carbocycles. The van der Waals surface area contributed by atoms with Crippen LogP contribution in [0.2, 0.25) is 0 Å². The molecule has 5 heteroatoms. The summed E-state index contributed by atoms with van der Waals surface area (Å²) >= 11 is 0. The summed E-state index contributed by atoms with van der Waals surface area (Å²) in [5, 5.41) is 2.42. The minimum Gasteiger partial charge on any atom is -0.444 e. The molecule has 0 unspecified atom stereocenters. The topological polar surface area (TPSA) is 55.4 Å². The second-order valence-corrected chi connectivity index (χ2v) is 5.24. The number of ether oxygens (including phenoxy) is 1. The molecule has 4 nitrogen and oxygen atoms in total. The van der Waals surface area contributed by atoms with Crippen molar-refractivity contribution in [2.75, 3.05) is 0 Å². The van der Waals surface area contributed by atoms with E-state index in [2.05, 4.69) is 5.32 Å². The van der Waals surface area contributed by atoms with E-state index >= 15 is 0 Å². The maximum absolute atomic E-state index is 13.0. The third kappa shape index (κ3) is 5.07. The van der Waals surface area contributed by atoms with Crippen LogP contribution >= 0.6 is 0 Å². The van der Waals surface area contributed by atoms with Gasteiger partial charge in [-0.3, -0.25) is 4.79 Å². The molecule has 1 atom stereocenters. The van der Waals surface area contributed by atoms with Crippen LogP contribution in [0.1, 0.15) is 38.1 Å². The molecule has 0 heterocycles. The van der Waals surface area contributed by atoms with Crippen LogP contribution in [-0.4, -0.2) is 23.5 Å². The third-order valence-electron chi connectivity index (χ3n) is 2.24. The van der Waals surface area contributed by atoms with Crippen LogP contribution in [0.4, 0.5) is 9.18 Å². The molecule has 0 fully saturated rings. The molecule has 0 saturated heterocycles. The summed E-state index contributed by atoms with van der Waals surface area (Å²) in [6.07, 6.45) is -0.676. The minimum atomic E-state index is -0.781. The first-order chi connectivity index (χ1) is 8.69. The van der Waals surface area contributed by atoms with Crippen LogP contribution in [-0.2, 0) is 4.74 Å². The van der Waals surface area contributed by atoms with E-state index in [1.807, 2.05) is 0 Å². The molecule has 0 aliphatic heterocycles. The van der Waals surface area contributed by atoms with Gasteiger partial charge in [-0.1, -0.05) is 12.1 Å². The Labute approximate surface area is 112 Å². The SMILES string of the molecule is C[C@H](NC(=O)OC(C)(C)C)C(=O)c1cccc(F)c1. The number of nitrogens with one attached hydrogen (secondary N) is 1. The van der Waals surface area contributed by atoms with Crippen LogP contribution in [0.15, 0.2) is 24.3 Å². The molecule has 1 aromatic rings. The summed E-state index contributed by atoms with van der Waals surface area (Å²) in [4.78, 5) is 23.5. The highest BCUT2D eigenvalue weighted by Crippen LogP contribution is 2.09. The van der Waals surface area contributed by atoms with Crippen molar-refractivity contribution in [3.8, 4) is 0 Å². The van der Waals surface area contributed by atoms with E-state index in [1.165, 1.54) is 25.1 Å². The van der Waals surface area contributed by atoms with E-state index in [1.54, 1.807) is 20.8 Å². The molecule has 1 N–H and O–H groups in total. The normalized spacial score (nSPS) is 12.7. The van der Waals surface area contributed by atoms with Gasteiger partial charge in [0, 0.05) is 5.56 Å². The molecular formula is C14H18FNO3. The van der Waals surface area contributed by atoms with Crippen molar-refractivity contribution < 1.29 is 18.7 Å². The Morgan fingerprint density at radius 3 is 2.47 bits per heavy atom. The van der Waals surface area contributed by atoms with E-state index in [0.717, 1.165) is 6.07 Å². The smallest absolute Gasteiger partial charge is 0.408 e. The Kier molecular flexibility index (Phi) is 4.64. The average Bonchev–Trinajstić information content (AvgIpc) is 2.25. The predicted molar refractivity (Wildman–Crippen MR) is 69.6 cm³/mol. The Balaban J connectivity index is 2.66. The molecule has 0 aromatic heterocycles. The average molecular weight is 267 g/mol. The number of rotatable bonds is 3. The lowest BCUT2D eigenvalue weighted by Crippen LogP contribution is -2.41. The zero-order valence-electron chi connectivity index (χ0n) is 11.5. The molecule has 0 saturated carbocycles. The predicted octanol–water partition coefficient (Wildman–Crippen LogP) is 2.92. The van der Waals surface area contributed by atoms with E-state index in [9.17, 15) is 14.0 Å². The van der Waals surface area contributed by atoms with Crippen LogP contribution in [0.25, 0.3) is 0 Å². The van der Waals surface area contributed by atoms with Gasteiger partial charge in [0.1, 0.15) is 11.4 Å². The highest BCUT2D eigenvalue weighted by molar-refractivity contribution is 6.01. The number of carbonyl (C=O) groups is 2. The second kappa shape index (κ2) is 5.82. The number of carbonyl (C=O) groups excluding carboxylic acids is 2. The van der Waals surface area contributed by atoms with Gasteiger partial charge in [0.15, 0.2) is 5.78 Å².